The first-order valence-electron chi connectivity index (χ1n) is 8.60. The monoisotopic (exact) mass is 378 g/mol. The number of carbonyl (C=O) groups is 1. The predicted octanol–water partition coefficient (Wildman–Crippen LogP) is 3.37. The number of rotatable bonds is 4. The van der Waals surface area contributed by atoms with Gasteiger partial charge < -0.3 is 15.0 Å². The molecule has 26 heavy (non-hydrogen) atoms. The van der Waals surface area contributed by atoms with Gasteiger partial charge in [-0.1, -0.05) is 29.5 Å². The summed E-state index contributed by atoms with van der Waals surface area (Å²) in [6.07, 6.45) is 0.848. The van der Waals surface area contributed by atoms with Crippen molar-refractivity contribution in [3.8, 4) is 0 Å². The van der Waals surface area contributed by atoms with E-state index in [1.165, 1.54) is 17.4 Å². The lowest BCUT2D eigenvalue weighted by Gasteiger charge is -2.21. The maximum absolute atomic E-state index is 13.8. The number of nitrogens with one attached hydrogen (secondary N) is 1. The average Bonchev–Trinajstić information content (AvgIpc) is 3.17. The summed E-state index contributed by atoms with van der Waals surface area (Å²) in [6.45, 7) is 6.96. The minimum atomic E-state index is -0.511. The number of aromatic nitrogens is 2. The molecule has 0 spiro atoms. The van der Waals surface area contributed by atoms with E-state index in [0.717, 1.165) is 23.1 Å². The Bertz CT molecular complexity index is 775. The number of anilines is 1. The number of amides is 1. The summed E-state index contributed by atoms with van der Waals surface area (Å²) in [5.74, 6) is -0.230. The fourth-order valence-electron chi connectivity index (χ4n) is 2.77. The first kappa shape index (κ1) is 18.6. The lowest BCUT2D eigenvalue weighted by molar-refractivity contribution is 0.0509. The molecule has 1 aliphatic rings. The van der Waals surface area contributed by atoms with E-state index in [1.807, 2.05) is 26.8 Å². The second-order valence-corrected chi connectivity index (χ2v) is 8.36. The molecule has 0 aliphatic carbocycles. The van der Waals surface area contributed by atoms with E-state index in [9.17, 15) is 9.18 Å². The van der Waals surface area contributed by atoms with Crippen molar-refractivity contribution in [2.24, 2.45) is 0 Å². The van der Waals surface area contributed by atoms with Crippen LogP contribution in [0.5, 0.6) is 0 Å². The van der Waals surface area contributed by atoms with E-state index in [0.29, 0.717) is 18.5 Å². The van der Waals surface area contributed by atoms with Crippen LogP contribution in [0.15, 0.2) is 24.3 Å². The van der Waals surface area contributed by atoms with Crippen LogP contribution in [0.25, 0.3) is 0 Å². The molecular weight excluding hydrogens is 355 g/mol. The van der Waals surface area contributed by atoms with Gasteiger partial charge in [0.15, 0.2) is 0 Å². The smallest absolute Gasteiger partial charge is 0.407 e. The first-order valence-corrected chi connectivity index (χ1v) is 9.42. The summed E-state index contributed by atoms with van der Waals surface area (Å²) >= 11 is 1.46. The average molecular weight is 378 g/mol. The number of alkyl carbamates (subject to hydrolysis) is 1. The molecule has 1 atom stereocenters. The van der Waals surface area contributed by atoms with Crippen molar-refractivity contribution < 1.29 is 13.9 Å². The Morgan fingerprint density at radius 1 is 1.38 bits per heavy atom. The van der Waals surface area contributed by atoms with Gasteiger partial charge in [0.25, 0.3) is 0 Å². The standard InChI is InChI=1S/C18H23FN4O2S/c1-18(2,3)25-17(24)20-13-8-9-23(11-13)16-22-21-15(26-16)10-12-6-4-5-7-14(12)19/h4-7,13H,8-11H2,1-3H3,(H,20,24)/t13-/m0/s1. The SMILES string of the molecule is CC(C)(C)OC(=O)N[C@H]1CCN(c2nnc(Cc3ccccc3F)s2)C1. The van der Waals surface area contributed by atoms with Gasteiger partial charge in [-0.15, -0.1) is 10.2 Å². The molecule has 0 radical (unpaired) electrons. The number of nitrogens with zero attached hydrogens (tertiary/aromatic N) is 3. The number of carbonyl (C=O) groups excluding carboxylic acids is 1. The third-order valence-electron chi connectivity index (χ3n) is 3.94. The van der Waals surface area contributed by atoms with Crippen LogP contribution in [0.4, 0.5) is 14.3 Å². The zero-order valence-electron chi connectivity index (χ0n) is 15.2. The maximum atomic E-state index is 13.8. The minimum Gasteiger partial charge on any atom is -0.444 e. The van der Waals surface area contributed by atoms with Crippen molar-refractivity contribution in [2.75, 3.05) is 18.0 Å². The Morgan fingerprint density at radius 2 is 2.15 bits per heavy atom. The van der Waals surface area contributed by atoms with Crippen LogP contribution in [-0.4, -0.2) is 41.0 Å². The molecule has 0 saturated carbocycles. The van der Waals surface area contributed by atoms with Gasteiger partial charge in [-0.25, -0.2) is 9.18 Å². The lowest BCUT2D eigenvalue weighted by Crippen LogP contribution is -2.40. The van der Waals surface area contributed by atoms with Gasteiger partial charge in [0.2, 0.25) is 5.13 Å². The zero-order chi connectivity index (χ0) is 18.7. The van der Waals surface area contributed by atoms with Crippen molar-refractivity contribution in [2.45, 2.75) is 45.3 Å². The van der Waals surface area contributed by atoms with Crippen molar-refractivity contribution in [1.82, 2.24) is 15.5 Å². The van der Waals surface area contributed by atoms with Crippen LogP contribution in [-0.2, 0) is 11.2 Å². The first-order chi connectivity index (χ1) is 12.3. The summed E-state index contributed by atoms with van der Waals surface area (Å²) in [7, 11) is 0. The third kappa shape index (κ3) is 4.91. The summed E-state index contributed by atoms with van der Waals surface area (Å²) in [6, 6.07) is 6.71. The maximum Gasteiger partial charge on any atom is 0.407 e. The molecule has 3 rings (SSSR count). The number of benzene rings is 1. The molecule has 2 aromatic rings. The van der Waals surface area contributed by atoms with Gasteiger partial charge in [-0.2, -0.15) is 0 Å². The van der Waals surface area contributed by atoms with Crippen molar-refractivity contribution >= 4 is 22.6 Å². The number of halogens is 1. The highest BCUT2D eigenvalue weighted by Gasteiger charge is 2.28. The van der Waals surface area contributed by atoms with E-state index < -0.39 is 11.7 Å². The molecular formula is C18H23FN4O2S. The van der Waals surface area contributed by atoms with E-state index in [-0.39, 0.29) is 11.9 Å². The van der Waals surface area contributed by atoms with Crippen LogP contribution in [0.2, 0.25) is 0 Å². The lowest BCUT2D eigenvalue weighted by atomic mass is 10.1. The Hall–Kier alpha value is -2.22. The van der Waals surface area contributed by atoms with Crippen molar-refractivity contribution in [3.05, 3.63) is 40.7 Å². The molecule has 1 fully saturated rings. The molecule has 1 saturated heterocycles. The van der Waals surface area contributed by atoms with E-state index in [2.05, 4.69) is 20.4 Å². The molecule has 0 bridgehead atoms. The van der Waals surface area contributed by atoms with E-state index >= 15 is 0 Å². The van der Waals surface area contributed by atoms with Gasteiger partial charge in [0.1, 0.15) is 16.4 Å². The van der Waals surface area contributed by atoms with E-state index in [1.54, 1.807) is 12.1 Å². The topological polar surface area (TPSA) is 67.3 Å². The van der Waals surface area contributed by atoms with Crippen LogP contribution in [0, 0.1) is 5.82 Å². The predicted molar refractivity (Wildman–Crippen MR) is 99.1 cm³/mol. The summed E-state index contributed by atoms with van der Waals surface area (Å²) in [5.41, 5.74) is 0.101. The molecule has 1 aliphatic heterocycles. The number of hydrogen-bond acceptors (Lipinski definition) is 6. The van der Waals surface area contributed by atoms with Gasteiger partial charge in [-0.05, 0) is 38.8 Å². The quantitative estimate of drug-likeness (QED) is 0.883. The minimum absolute atomic E-state index is 0.0174. The van der Waals surface area contributed by atoms with Gasteiger partial charge in [-0.3, -0.25) is 0 Å². The fourth-order valence-corrected chi connectivity index (χ4v) is 3.67. The third-order valence-corrected chi connectivity index (χ3v) is 4.92. The molecule has 2 heterocycles. The molecule has 1 aromatic carbocycles. The molecule has 1 aromatic heterocycles. The van der Waals surface area contributed by atoms with Gasteiger partial charge in [0.05, 0.1) is 6.04 Å². The van der Waals surface area contributed by atoms with Gasteiger partial charge in [0, 0.05) is 19.5 Å². The molecule has 8 heteroatoms. The summed E-state index contributed by atoms with van der Waals surface area (Å²) in [5, 5.41) is 12.9. The second-order valence-electron chi connectivity index (χ2n) is 7.32. The van der Waals surface area contributed by atoms with Crippen LogP contribution in [0.1, 0.15) is 37.8 Å². The van der Waals surface area contributed by atoms with Crippen LogP contribution in [0.3, 0.4) is 0 Å². The molecule has 140 valence electrons. The highest BCUT2D eigenvalue weighted by Crippen LogP contribution is 2.26. The Balaban J connectivity index is 1.56. The summed E-state index contributed by atoms with van der Waals surface area (Å²) in [4.78, 5) is 14.0. The number of hydrogen-bond donors (Lipinski definition) is 1. The molecule has 1 N–H and O–H groups in total. The molecule has 1 amide bonds. The van der Waals surface area contributed by atoms with E-state index in [4.69, 9.17) is 4.74 Å². The normalized spacial score (nSPS) is 17.4. The van der Waals surface area contributed by atoms with Crippen molar-refractivity contribution in [3.63, 3.8) is 0 Å². The highest BCUT2D eigenvalue weighted by molar-refractivity contribution is 7.15. The summed E-state index contributed by atoms with van der Waals surface area (Å²) < 4.78 is 19.1. The van der Waals surface area contributed by atoms with Crippen molar-refractivity contribution in [1.29, 1.82) is 0 Å². The molecule has 6 nitrogen and oxygen atoms in total. The van der Waals surface area contributed by atoms with Crippen LogP contribution >= 0.6 is 11.3 Å². The second kappa shape index (κ2) is 7.57. The van der Waals surface area contributed by atoms with Crippen LogP contribution < -0.4 is 10.2 Å². The largest absolute Gasteiger partial charge is 0.444 e. The highest BCUT2D eigenvalue weighted by atomic mass is 32.1. The molecule has 0 unspecified atom stereocenters. The fraction of sp³-hybridized carbons (Fsp3) is 0.500. The Labute approximate surface area is 156 Å². The Kier molecular flexibility index (Phi) is 5.41. The van der Waals surface area contributed by atoms with Gasteiger partial charge >= 0.3 is 6.09 Å². The zero-order valence-corrected chi connectivity index (χ0v) is 16.0. The number of ether oxygens (including phenoxy) is 1. The Morgan fingerprint density at radius 3 is 2.88 bits per heavy atom.